The maximum atomic E-state index is 12.5. The van der Waals surface area contributed by atoms with Crippen molar-refractivity contribution in [3.63, 3.8) is 0 Å². The molecule has 2 fully saturated rings. The molecular formula is C17H17NO3. The van der Waals surface area contributed by atoms with Gasteiger partial charge in [0.2, 0.25) is 11.8 Å². The lowest BCUT2D eigenvalue weighted by Gasteiger charge is -2.18. The second-order valence-corrected chi connectivity index (χ2v) is 5.64. The fourth-order valence-corrected chi connectivity index (χ4v) is 3.30. The summed E-state index contributed by atoms with van der Waals surface area (Å²) in [5, 5.41) is 8.85. The van der Waals surface area contributed by atoms with E-state index in [0.29, 0.717) is 11.3 Å². The van der Waals surface area contributed by atoms with Crippen LogP contribution in [-0.4, -0.2) is 23.5 Å². The monoisotopic (exact) mass is 283 g/mol. The number of carbonyl (C=O) groups is 2. The van der Waals surface area contributed by atoms with Gasteiger partial charge in [-0.15, -0.1) is 0 Å². The van der Waals surface area contributed by atoms with Crippen LogP contribution >= 0.6 is 0 Å². The van der Waals surface area contributed by atoms with Crippen LogP contribution in [0.3, 0.4) is 0 Å². The van der Waals surface area contributed by atoms with Crippen LogP contribution in [-0.2, 0) is 9.59 Å². The minimum Gasteiger partial charge on any atom is -0.384 e. The second kappa shape index (κ2) is 5.34. The Labute approximate surface area is 123 Å². The van der Waals surface area contributed by atoms with Crippen LogP contribution in [0, 0.1) is 30.6 Å². The standard InChI is InChI=1S/C17H17NO3/c1-11-7-8-12(4-3-9-19)15(10-11)18-16(20)13-5-2-6-14(13)17(18)21/h7-8,10,13-14,19H,2,5-6,9H2,1H3. The van der Waals surface area contributed by atoms with Gasteiger partial charge in [-0.05, 0) is 37.5 Å². The van der Waals surface area contributed by atoms with E-state index in [-0.39, 0.29) is 30.3 Å². The quantitative estimate of drug-likeness (QED) is 0.629. The van der Waals surface area contributed by atoms with Gasteiger partial charge >= 0.3 is 0 Å². The largest absolute Gasteiger partial charge is 0.384 e. The molecule has 1 aliphatic carbocycles. The summed E-state index contributed by atoms with van der Waals surface area (Å²) in [5.74, 6) is 4.91. The van der Waals surface area contributed by atoms with E-state index in [1.54, 1.807) is 6.07 Å². The number of hydrogen-bond donors (Lipinski definition) is 1. The lowest BCUT2D eigenvalue weighted by molar-refractivity contribution is -0.122. The van der Waals surface area contributed by atoms with Gasteiger partial charge in [-0.3, -0.25) is 9.59 Å². The molecule has 2 aliphatic rings. The number of hydrogen-bond acceptors (Lipinski definition) is 3. The molecule has 0 spiro atoms. The van der Waals surface area contributed by atoms with Crippen molar-refractivity contribution in [2.75, 3.05) is 11.5 Å². The number of anilines is 1. The van der Waals surface area contributed by atoms with E-state index in [1.165, 1.54) is 4.90 Å². The Morgan fingerprint density at radius 2 is 1.90 bits per heavy atom. The minimum absolute atomic E-state index is 0.0971. The molecule has 3 rings (SSSR count). The molecule has 2 amide bonds. The molecule has 21 heavy (non-hydrogen) atoms. The van der Waals surface area contributed by atoms with Gasteiger partial charge in [-0.25, -0.2) is 4.90 Å². The second-order valence-electron chi connectivity index (χ2n) is 5.64. The van der Waals surface area contributed by atoms with E-state index < -0.39 is 0 Å². The zero-order valence-corrected chi connectivity index (χ0v) is 11.9. The van der Waals surface area contributed by atoms with Gasteiger partial charge in [0.15, 0.2) is 0 Å². The third kappa shape index (κ3) is 2.24. The molecule has 2 unspecified atom stereocenters. The molecule has 2 atom stereocenters. The first-order valence-corrected chi connectivity index (χ1v) is 7.21. The van der Waals surface area contributed by atoms with E-state index in [4.69, 9.17) is 5.11 Å². The average molecular weight is 283 g/mol. The van der Waals surface area contributed by atoms with Crippen molar-refractivity contribution in [3.05, 3.63) is 29.3 Å². The lowest BCUT2D eigenvalue weighted by Crippen LogP contribution is -2.32. The normalized spacial score (nSPS) is 24.0. The molecule has 4 heteroatoms. The Kier molecular flexibility index (Phi) is 3.52. The van der Waals surface area contributed by atoms with Gasteiger partial charge in [0.1, 0.15) is 6.61 Å². The van der Waals surface area contributed by atoms with Crippen LogP contribution in [0.15, 0.2) is 18.2 Å². The summed E-state index contributed by atoms with van der Waals surface area (Å²) in [4.78, 5) is 26.4. The van der Waals surface area contributed by atoms with Crippen molar-refractivity contribution in [1.82, 2.24) is 0 Å². The fraction of sp³-hybridized carbons (Fsp3) is 0.412. The number of benzene rings is 1. The Balaban J connectivity index is 2.06. The zero-order valence-electron chi connectivity index (χ0n) is 11.9. The maximum Gasteiger partial charge on any atom is 0.237 e. The summed E-state index contributed by atoms with van der Waals surface area (Å²) < 4.78 is 0. The fourth-order valence-electron chi connectivity index (χ4n) is 3.30. The highest BCUT2D eigenvalue weighted by atomic mass is 16.2. The molecule has 1 saturated heterocycles. The molecule has 1 N–H and O–H groups in total. The first kappa shape index (κ1) is 13.8. The summed E-state index contributed by atoms with van der Waals surface area (Å²) >= 11 is 0. The van der Waals surface area contributed by atoms with Gasteiger partial charge in [0.25, 0.3) is 0 Å². The van der Waals surface area contributed by atoms with Crippen LogP contribution in [0.5, 0.6) is 0 Å². The number of aliphatic hydroxyl groups is 1. The van der Waals surface area contributed by atoms with Gasteiger partial charge in [0.05, 0.1) is 17.5 Å². The summed E-state index contributed by atoms with van der Waals surface area (Å²) in [6, 6.07) is 5.50. The summed E-state index contributed by atoms with van der Waals surface area (Å²) in [7, 11) is 0. The van der Waals surface area contributed by atoms with E-state index in [0.717, 1.165) is 24.8 Å². The Bertz CT molecular complexity index is 646. The number of rotatable bonds is 1. The Hall–Kier alpha value is -2.12. The number of aryl methyl sites for hydroxylation is 1. The van der Waals surface area contributed by atoms with Gasteiger partial charge in [-0.2, -0.15) is 0 Å². The summed E-state index contributed by atoms with van der Waals surface area (Å²) in [6.45, 7) is 1.67. The zero-order chi connectivity index (χ0) is 15.0. The van der Waals surface area contributed by atoms with Crippen molar-refractivity contribution >= 4 is 17.5 Å². The molecule has 0 aromatic heterocycles. The molecule has 1 aromatic carbocycles. The van der Waals surface area contributed by atoms with Gasteiger partial charge < -0.3 is 5.11 Å². The highest BCUT2D eigenvalue weighted by molar-refractivity contribution is 6.22. The van der Waals surface area contributed by atoms with E-state index in [1.807, 2.05) is 19.1 Å². The first-order valence-electron chi connectivity index (χ1n) is 7.21. The molecule has 1 aromatic rings. The molecule has 1 saturated carbocycles. The topological polar surface area (TPSA) is 57.6 Å². The highest BCUT2D eigenvalue weighted by Gasteiger charge is 2.50. The Morgan fingerprint density at radius 3 is 2.52 bits per heavy atom. The number of imide groups is 1. The van der Waals surface area contributed by atoms with E-state index in [9.17, 15) is 9.59 Å². The molecular weight excluding hydrogens is 266 g/mol. The van der Waals surface area contributed by atoms with Gasteiger partial charge in [-0.1, -0.05) is 24.3 Å². The van der Waals surface area contributed by atoms with Crippen molar-refractivity contribution in [2.24, 2.45) is 11.8 Å². The van der Waals surface area contributed by atoms with Crippen molar-refractivity contribution in [2.45, 2.75) is 26.2 Å². The van der Waals surface area contributed by atoms with Crippen molar-refractivity contribution < 1.29 is 14.7 Å². The van der Waals surface area contributed by atoms with E-state index >= 15 is 0 Å². The predicted molar refractivity (Wildman–Crippen MR) is 78.5 cm³/mol. The molecule has 108 valence electrons. The molecule has 0 radical (unpaired) electrons. The molecule has 1 heterocycles. The number of amides is 2. The number of fused-ring (bicyclic) bond motifs is 1. The maximum absolute atomic E-state index is 12.5. The number of carbonyl (C=O) groups excluding carboxylic acids is 2. The SMILES string of the molecule is Cc1ccc(C#CCO)c(N2C(=O)C3CCCC3C2=O)c1. The van der Waals surface area contributed by atoms with Crippen LogP contribution in [0.2, 0.25) is 0 Å². The molecule has 0 bridgehead atoms. The first-order chi connectivity index (χ1) is 10.1. The number of nitrogens with zero attached hydrogens (tertiary/aromatic N) is 1. The average Bonchev–Trinajstić information content (AvgIpc) is 3.03. The Morgan fingerprint density at radius 1 is 1.24 bits per heavy atom. The third-order valence-electron chi connectivity index (χ3n) is 4.29. The van der Waals surface area contributed by atoms with Crippen LogP contribution in [0.25, 0.3) is 0 Å². The van der Waals surface area contributed by atoms with Crippen molar-refractivity contribution in [3.8, 4) is 11.8 Å². The van der Waals surface area contributed by atoms with Crippen LogP contribution in [0.1, 0.15) is 30.4 Å². The number of aliphatic hydroxyl groups excluding tert-OH is 1. The van der Waals surface area contributed by atoms with Gasteiger partial charge in [0, 0.05) is 5.56 Å². The highest BCUT2D eigenvalue weighted by Crippen LogP contribution is 2.42. The van der Waals surface area contributed by atoms with Crippen molar-refractivity contribution in [1.29, 1.82) is 0 Å². The third-order valence-corrected chi connectivity index (χ3v) is 4.29. The lowest BCUT2D eigenvalue weighted by atomic mass is 10.00. The van der Waals surface area contributed by atoms with E-state index in [2.05, 4.69) is 11.8 Å². The van der Waals surface area contributed by atoms with Crippen LogP contribution in [0.4, 0.5) is 5.69 Å². The van der Waals surface area contributed by atoms with Crippen LogP contribution < -0.4 is 4.90 Å². The molecule has 4 nitrogen and oxygen atoms in total. The predicted octanol–water partition coefficient (Wildman–Crippen LogP) is 1.63. The summed E-state index contributed by atoms with van der Waals surface area (Å²) in [5.41, 5.74) is 2.13. The summed E-state index contributed by atoms with van der Waals surface area (Å²) in [6.07, 6.45) is 2.55. The molecule has 1 aliphatic heterocycles. The minimum atomic E-state index is -0.250. The smallest absolute Gasteiger partial charge is 0.237 e.